The van der Waals surface area contributed by atoms with Crippen molar-refractivity contribution in [3.8, 4) is 0 Å². The number of benzene rings is 1. The maximum absolute atomic E-state index is 12.6. The lowest BCUT2D eigenvalue weighted by Gasteiger charge is -2.39. The highest BCUT2D eigenvalue weighted by Crippen LogP contribution is 2.66. The van der Waals surface area contributed by atoms with Crippen LogP contribution in [0.1, 0.15) is 58.9 Å². The minimum Gasteiger partial charge on any atom is -0.483 e. The minimum atomic E-state index is -0.352. The molecule has 0 aliphatic heterocycles. The van der Waals surface area contributed by atoms with Crippen molar-refractivity contribution in [2.75, 3.05) is 0 Å². The molecule has 0 amide bonds. The molecule has 3 nitrogen and oxygen atoms in total. The normalized spacial score (nSPS) is 30.3. The summed E-state index contributed by atoms with van der Waals surface area (Å²) in [6, 6.07) is 9.75. The van der Waals surface area contributed by atoms with Gasteiger partial charge in [0.2, 0.25) is 5.76 Å². The van der Waals surface area contributed by atoms with Crippen molar-refractivity contribution >= 4 is 5.97 Å². The summed E-state index contributed by atoms with van der Waals surface area (Å²) in [5.74, 6) is 0.716. The smallest absolute Gasteiger partial charge is 0.373 e. The van der Waals surface area contributed by atoms with E-state index in [9.17, 15) is 4.79 Å². The maximum atomic E-state index is 12.6. The largest absolute Gasteiger partial charge is 0.483 e. The first-order valence-corrected chi connectivity index (χ1v) is 9.46. The summed E-state index contributed by atoms with van der Waals surface area (Å²) in [4.78, 5) is 12.6. The SMILES string of the molecule is CC/C=C(\O[C@@H]1C[C@@H]2CC[C@@]1(C)C2(C)C)C(=O)OCc1ccccc1. The van der Waals surface area contributed by atoms with Gasteiger partial charge in [-0.2, -0.15) is 0 Å². The molecule has 0 radical (unpaired) electrons. The summed E-state index contributed by atoms with van der Waals surface area (Å²) in [6.07, 6.45) is 6.20. The Hall–Kier alpha value is -1.77. The molecule has 0 heterocycles. The van der Waals surface area contributed by atoms with E-state index in [2.05, 4.69) is 20.8 Å². The molecule has 2 aliphatic carbocycles. The predicted octanol–water partition coefficient (Wildman–Crippen LogP) is 5.26. The predicted molar refractivity (Wildman–Crippen MR) is 98.7 cm³/mol. The summed E-state index contributed by atoms with van der Waals surface area (Å²) in [7, 11) is 0. The van der Waals surface area contributed by atoms with Crippen LogP contribution in [0, 0.1) is 16.7 Å². The molecular weight excluding hydrogens is 312 g/mol. The zero-order valence-corrected chi connectivity index (χ0v) is 15.9. The van der Waals surface area contributed by atoms with Crippen LogP contribution < -0.4 is 0 Å². The Morgan fingerprint density at radius 1 is 1.24 bits per heavy atom. The second-order valence-electron chi connectivity index (χ2n) is 8.26. The highest BCUT2D eigenvalue weighted by Gasteiger charge is 2.62. The third kappa shape index (κ3) is 3.21. The van der Waals surface area contributed by atoms with Crippen molar-refractivity contribution < 1.29 is 14.3 Å². The van der Waals surface area contributed by atoms with Gasteiger partial charge in [-0.3, -0.25) is 0 Å². The van der Waals surface area contributed by atoms with Gasteiger partial charge in [0.15, 0.2) is 0 Å². The van der Waals surface area contributed by atoms with Crippen LogP contribution in [0.25, 0.3) is 0 Å². The van der Waals surface area contributed by atoms with E-state index < -0.39 is 0 Å². The average molecular weight is 342 g/mol. The van der Waals surface area contributed by atoms with Gasteiger partial charge < -0.3 is 9.47 Å². The molecule has 25 heavy (non-hydrogen) atoms. The number of ether oxygens (including phenoxy) is 2. The van der Waals surface area contributed by atoms with Gasteiger partial charge in [-0.05, 0) is 48.7 Å². The van der Waals surface area contributed by atoms with Crippen molar-refractivity contribution in [1.82, 2.24) is 0 Å². The standard InChI is InChI=1S/C22H30O3/c1-5-9-18(20(23)24-15-16-10-7-6-8-11-16)25-19-14-17-12-13-22(19,4)21(17,2)3/h6-11,17,19H,5,12-15H2,1-4H3/b18-9-/t17-,19+,22+/m0/s1. The highest BCUT2D eigenvalue weighted by atomic mass is 16.6. The zero-order chi connectivity index (χ0) is 18.1. The Balaban J connectivity index is 1.66. The number of carbonyl (C=O) groups excluding carboxylic acids is 1. The molecule has 136 valence electrons. The molecule has 1 aromatic rings. The van der Waals surface area contributed by atoms with Gasteiger partial charge in [0.1, 0.15) is 12.7 Å². The van der Waals surface area contributed by atoms with E-state index in [1.807, 2.05) is 43.3 Å². The number of esters is 1. The first-order chi connectivity index (χ1) is 11.9. The summed E-state index contributed by atoms with van der Waals surface area (Å²) >= 11 is 0. The fourth-order valence-corrected chi connectivity index (χ4v) is 4.62. The first kappa shape index (κ1) is 18.0. The average Bonchev–Trinajstić information content (AvgIpc) is 2.93. The minimum absolute atomic E-state index is 0.100. The van der Waals surface area contributed by atoms with Crippen molar-refractivity contribution in [3.05, 3.63) is 47.7 Å². The molecule has 2 saturated carbocycles. The van der Waals surface area contributed by atoms with E-state index in [1.54, 1.807) is 0 Å². The molecule has 3 rings (SSSR count). The van der Waals surface area contributed by atoms with Gasteiger partial charge in [0.25, 0.3) is 0 Å². The topological polar surface area (TPSA) is 35.5 Å². The number of fused-ring (bicyclic) bond motifs is 2. The Morgan fingerprint density at radius 2 is 1.96 bits per heavy atom. The Bertz CT molecular complexity index is 646. The van der Waals surface area contributed by atoms with Crippen LogP contribution >= 0.6 is 0 Å². The third-order valence-corrected chi connectivity index (χ3v) is 6.79. The molecule has 3 atom stereocenters. The number of hydrogen-bond donors (Lipinski definition) is 0. The van der Waals surface area contributed by atoms with Crippen molar-refractivity contribution in [1.29, 1.82) is 0 Å². The molecule has 1 aromatic carbocycles. The van der Waals surface area contributed by atoms with Crippen LogP contribution in [0.15, 0.2) is 42.2 Å². The van der Waals surface area contributed by atoms with Crippen LogP contribution in [0.2, 0.25) is 0 Å². The van der Waals surface area contributed by atoms with E-state index in [0.29, 0.717) is 11.7 Å². The van der Waals surface area contributed by atoms with E-state index in [4.69, 9.17) is 9.47 Å². The number of allylic oxidation sites excluding steroid dienone is 1. The quantitative estimate of drug-likeness (QED) is 0.402. The Kier molecular flexibility index (Phi) is 4.95. The van der Waals surface area contributed by atoms with Crippen LogP contribution in [0.3, 0.4) is 0 Å². The Labute approximate surface area is 151 Å². The van der Waals surface area contributed by atoms with Gasteiger partial charge in [0.05, 0.1) is 0 Å². The van der Waals surface area contributed by atoms with Crippen molar-refractivity contribution in [2.45, 2.75) is 66.1 Å². The summed E-state index contributed by atoms with van der Waals surface area (Å²) in [6.45, 7) is 9.32. The fraction of sp³-hybridized carbons (Fsp3) is 0.591. The van der Waals surface area contributed by atoms with Crippen LogP contribution in [0.4, 0.5) is 0 Å². The molecule has 2 aliphatic rings. The molecular formula is C22H30O3. The highest BCUT2D eigenvalue weighted by molar-refractivity contribution is 5.86. The van der Waals surface area contributed by atoms with Gasteiger partial charge >= 0.3 is 5.97 Å². The van der Waals surface area contributed by atoms with Gasteiger partial charge in [-0.25, -0.2) is 4.79 Å². The summed E-state index contributed by atoms with van der Waals surface area (Å²) < 4.78 is 11.7. The number of rotatable bonds is 6. The number of hydrogen-bond acceptors (Lipinski definition) is 3. The van der Waals surface area contributed by atoms with Gasteiger partial charge in [0, 0.05) is 5.41 Å². The second kappa shape index (κ2) is 6.86. The molecule has 2 bridgehead atoms. The monoisotopic (exact) mass is 342 g/mol. The summed E-state index contributed by atoms with van der Waals surface area (Å²) in [5, 5.41) is 0. The molecule has 3 heteroatoms. The van der Waals surface area contributed by atoms with Gasteiger partial charge in [-0.15, -0.1) is 0 Å². The molecule has 0 saturated heterocycles. The van der Waals surface area contributed by atoms with Crippen LogP contribution in [-0.2, 0) is 20.9 Å². The zero-order valence-electron chi connectivity index (χ0n) is 15.9. The van der Waals surface area contributed by atoms with E-state index >= 15 is 0 Å². The molecule has 2 fully saturated rings. The Morgan fingerprint density at radius 3 is 2.52 bits per heavy atom. The fourth-order valence-electron chi connectivity index (χ4n) is 4.62. The first-order valence-electron chi connectivity index (χ1n) is 9.46. The van der Waals surface area contributed by atoms with Crippen molar-refractivity contribution in [3.63, 3.8) is 0 Å². The molecule has 0 spiro atoms. The van der Waals surface area contributed by atoms with E-state index in [1.165, 1.54) is 12.8 Å². The second-order valence-corrected chi connectivity index (χ2v) is 8.26. The third-order valence-electron chi connectivity index (χ3n) is 6.79. The van der Waals surface area contributed by atoms with Crippen LogP contribution in [-0.4, -0.2) is 12.1 Å². The number of carbonyl (C=O) groups is 1. The summed E-state index contributed by atoms with van der Waals surface area (Å²) in [5.41, 5.74) is 1.38. The molecule has 0 unspecified atom stereocenters. The molecule has 0 N–H and O–H groups in total. The van der Waals surface area contributed by atoms with Gasteiger partial charge in [-0.1, -0.05) is 58.0 Å². The van der Waals surface area contributed by atoms with Crippen molar-refractivity contribution in [2.24, 2.45) is 16.7 Å². The molecule has 0 aromatic heterocycles. The van der Waals surface area contributed by atoms with Crippen LogP contribution in [0.5, 0.6) is 0 Å². The van der Waals surface area contributed by atoms with E-state index in [-0.39, 0.29) is 29.5 Å². The lowest BCUT2D eigenvalue weighted by atomic mass is 9.70. The maximum Gasteiger partial charge on any atom is 0.373 e. The lowest BCUT2D eigenvalue weighted by Crippen LogP contribution is -2.37. The van der Waals surface area contributed by atoms with E-state index in [0.717, 1.165) is 18.4 Å². The lowest BCUT2D eigenvalue weighted by molar-refractivity contribution is -0.147.